The van der Waals surface area contributed by atoms with Gasteiger partial charge in [0.2, 0.25) is 0 Å². The first-order valence-electron chi connectivity index (χ1n) is 2.88. The molecular formula is C5H8F3NO2. The van der Waals surface area contributed by atoms with Crippen LogP contribution >= 0.6 is 0 Å². The topological polar surface area (TPSA) is 52.3 Å². The zero-order chi connectivity index (χ0) is 9.07. The Morgan fingerprint density at radius 3 is 2.36 bits per heavy atom. The number of esters is 1. The van der Waals surface area contributed by atoms with Gasteiger partial charge in [-0.2, -0.15) is 13.2 Å². The van der Waals surface area contributed by atoms with E-state index in [1.165, 1.54) is 6.92 Å². The summed E-state index contributed by atoms with van der Waals surface area (Å²) in [6.07, 6.45) is -4.72. The van der Waals surface area contributed by atoms with Crippen molar-refractivity contribution in [1.29, 1.82) is 0 Å². The highest BCUT2D eigenvalue weighted by Crippen LogP contribution is 2.18. The molecule has 0 saturated carbocycles. The van der Waals surface area contributed by atoms with Crippen LogP contribution in [0, 0.1) is 0 Å². The van der Waals surface area contributed by atoms with Crippen LogP contribution in [-0.2, 0) is 9.53 Å². The quantitative estimate of drug-likeness (QED) is 0.613. The molecule has 2 N–H and O–H groups in total. The van der Waals surface area contributed by atoms with Gasteiger partial charge >= 0.3 is 12.1 Å². The number of carbonyl (C=O) groups is 1. The molecule has 0 fully saturated rings. The maximum atomic E-state index is 11.6. The summed E-state index contributed by atoms with van der Waals surface area (Å²) in [6, 6.07) is -2.53. The van der Waals surface area contributed by atoms with Crippen LogP contribution in [0.1, 0.15) is 6.92 Å². The fourth-order valence-electron chi connectivity index (χ4n) is 0.366. The third-order valence-corrected chi connectivity index (χ3v) is 0.893. The van der Waals surface area contributed by atoms with Gasteiger partial charge in [0.15, 0.2) is 6.04 Å². The van der Waals surface area contributed by atoms with Crippen molar-refractivity contribution >= 4 is 5.97 Å². The molecule has 0 radical (unpaired) electrons. The van der Waals surface area contributed by atoms with Gasteiger partial charge in [0.1, 0.15) is 0 Å². The van der Waals surface area contributed by atoms with E-state index in [2.05, 4.69) is 10.5 Å². The lowest BCUT2D eigenvalue weighted by molar-refractivity contribution is -0.178. The van der Waals surface area contributed by atoms with Crippen LogP contribution < -0.4 is 5.73 Å². The minimum Gasteiger partial charge on any atom is -0.465 e. The first-order valence-corrected chi connectivity index (χ1v) is 2.88. The molecule has 0 aliphatic rings. The van der Waals surface area contributed by atoms with Gasteiger partial charge in [0, 0.05) is 0 Å². The van der Waals surface area contributed by atoms with E-state index < -0.39 is 18.2 Å². The second kappa shape index (κ2) is 3.56. The molecule has 0 bridgehead atoms. The Kier molecular flexibility index (Phi) is 3.31. The summed E-state index contributed by atoms with van der Waals surface area (Å²) in [6.45, 7) is 1.30. The minimum atomic E-state index is -4.72. The Hall–Kier alpha value is -0.780. The fourth-order valence-corrected chi connectivity index (χ4v) is 0.366. The number of carbonyl (C=O) groups excluding carboxylic acids is 1. The molecule has 0 heterocycles. The molecule has 0 aliphatic heterocycles. The summed E-state index contributed by atoms with van der Waals surface area (Å²) in [5.41, 5.74) is 4.48. The smallest absolute Gasteiger partial charge is 0.414 e. The van der Waals surface area contributed by atoms with E-state index in [4.69, 9.17) is 0 Å². The van der Waals surface area contributed by atoms with Crippen LogP contribution in [0.2, 0.25) is 0 Å². The van der Waals surface area contributed by atoms with Crippen molar-refractivity contribution < 1.29 is 22.7 Å². The predicted octanol–water partition coefficient (Wildman–Crippen LogP) is 0.439. The Morgan fingerprint density at radius 2 is 2.09 bits per heavy atom. The highest BCUT2D eigenvalue weighted by Gasteiger charge is 2.42. The van der Waals surface area contributed by atoms with Crippen molar-refractivity contribution in [3.8, 4) is 0 Å². The number of halogens is 3. The number of nitrogens with two attached hydrogens (primary N) is 1. The third kappa shape index (κ3) is 3.22. The van der Waals surface area contributed by atoms with E-state index in [1.54, 1.807) is 0 Å². The SMILES string of the molecule is CCOC(=O)C(N)C(F)(F)F. The van der Waals surface area contributed by atoms with Crippen LogP contribution in [0.25, 0.3) is 0 Å². The standard InChI is InChI=1S/C5H8F3NO2/c1-2-11-4(10)3(9)5(6,7)8/h3H,2,9H2,1H3. The zero-order valence-electron chi connectivity index (χ0n) is 5.81. The normalized spacial score (nSPS) is 14.3. The molecule has 0 aromatic rings. The summed E-state index contributed by atoms with van der Waals surface area (Å²) < 4.78 is 38.8. The second-order valence-corrected chi connectivity index (χ2v) is 1.77. The molecule has 3 nitrogen and oxygen atoms in total. The highest BCUT2D eigenvalue weighted by molar-refractivity contribution is 5.76. The van der Waals surface area contributed by atoms with Gasteiger partial charge in [-0.05, 0) is 6.92 Å². The lowest BCUT2D eigenvalue weighted by Gasteiger charge is -2.13. The molecule has 0 aliphatic carbocycles. The van der Waals surface area contributed by atoms with Gasteiger partial charge in [-0.3, -0.25) is 4.79 Å². The number of hydrogen-bond donors (Lipinski definition) is 1. The van der Waals surface area contributed by atoms with Crippen LogP contribution in [-0.4, -0.2) is 24.8 Å². The molecule has 1 unspecified atom stereocenters. The van der Waals surface area contributed by atoms with Crippen molar-refractivity contribution in [2.24, 2.45) is 5.73 Å². The van der Waals surface area contributed by atoms with E-state index in [0.717, 1.165) is 0 Å². The van der Waals surface area contributed by atoms with Gasteiger partial charge in [0.25, 0.3) is 0 Å². The molecule has 6 heteroatoms. The first-order chi connectivity index (χ1) is 4.89. The van der Waals surface area contributed by atoms with Gasteiger partial charge in [0.05, 0.1) is 6.61 Å². The molecule has 66 valence electrons. The predicted molar refractivity (Wildman–Crippen MR) is 30.7 cm³/mol. The van der Waals surface area contributed by atoms with Crippen LogP contribution in [0.5, 0.6) is 0 Å². The number of rotatable bonds is 2. The summed E-state index contributed by atoms with van der Waals surface area (Å²) in [5.74, 6) is -1.44. The van der Waals surface area contributed by atoms with Crippen LogP contribution in [0.15, 0.2) is 0 Å². The van der Waals surface area contributed by atoms with Gasteiger partial charge in [-0.1, -0.05) is 0 Å². The lowest BCUT2D eigenvalue weighted by Crippen LogP contribution is -2.45. The van der Waals surface area contributed by atoms with Crippen molar-refractivity contribution in [2.45, 2.75) is 19.1 Å². The summed E-state index contributed by atoms with van der Waals surface area (Å²) in [7, 11) is 0. The van der Waals surface area contributed by atoms with E-state index in [9.17, 15) is 18.0 Å². The van der Waals surface area contributed by atoms with E-state index >= 15 is 0 Å². The minimum absolute atomic E-state index is 0.109. The maximum Gasteiger partial charge on any atom is 0.414 e. The second-order valence-electron chi connectivity index (χ2n) is 1.77. The first kappa shape index (κ1) is 10.2. The Bertz CT molecular complexity index is 145. The molecule has 1 atom stereocenters. The van der Waals surface area contributed by atoms with E-state index in [1.807, 2.05) is 0 Å². The lowest BCUT2D eigenvalue weighted by atomic mass is 10.3. The van der Waals surface area contributed by atoms with Crippen molar-refractivity contribution in [3.63, 3.8) is 0 Å². The number of ether oxygens (including phenoxy) is 1. The summed E-state index contributed by atoms with van der Waals surface area (Å²) in [4.78, 5) is 10.3. The van der Waals surface area contributed by atoms with Crippen LogP contribution in [0.4, 0.5) is 13.2 Å². The highest BCUT2D eigenvalue weighted by atomic mass is 19.4. The van der Waals surface area contributed by atoms with Crippen molar-refractivity contribution in [1.82, 2.24) is 0 Å². The fraction of sp³-hybridized carbons (Fsp3) is 0.800. The molecule has 0 rings (SSSR count). The Morgan fingerprint density at radius 1 is 1.64 bits per heavy atom. The van der Waals surface area contributed by atoms with E-state index in [-0.39, 0.29) is 6.61 Å². The number of alkyl halides is 3. The average Bonchev–Trinajstić information content (AvgIpc) is 1.85. The summed E-state index contributed by atoms with van der Waals surface area (Å²) >= 11 is 0. The van der Waals surface area contributed by atoms with Crippen LogP contribution in [0.3, 0.4) is 0 Å². The summed E-state index contributed by atoms with van der Waals surface area (Å²) in [5, 5.41) is 0. The number of hydrogen-bond acceptors (Lipinski definition) is 3. The van der Waals surface area contributed by atoms with Gasteiger partial charge < -0.3 is 10.5 Å². The van der Waals surface area contributed by atoms with Gasteiger partial charge in [-0.15, -0.1) is 0 Å². The molecule has 0 amide bonds. The molecule has 0 saturated heterocycles. The van der Waals surface area contributed by atoms with E-state index in [0.29, 0.717) is 0 Å². The van der Waals surface area contributed by atoms with Crippen molar-refractivity contribution in [3.05, 3.63) is 0 Å². The monoisotopic (exact) mass is 171 g/mol. The Labute approximate surface area is 61.3 Å². The molecule has 0 spiro atoms. The third-order valence-electron chi connectivity index (χ3n) is 0.893. The molecule has 0 aromatic heterocycles. The molecule has 0 aromatic carbocycles. The largest absolute Gasteiger partial charge is 0.465 e. The van der Waals surface area contributed by atoms with Crippen molar-refractivity contribution in [2.75, 3.05) is 6.61 Å². The zero-order valence-corrected chi connectivity index (χ0v) is 5.81. The maximum absolute atomic E-state index is 11.6. The average molecular weight is 171 g/mol. The molecular weight excluding hydrogens is 163 g/mol. The molecule has 11 heavy (non-hydrogen) atoms. The van der Waals surface area contributed by atoms with Gasteiger partial charge in [-0.25, -0.2) is 0 Å². The Balaban J connectivity index is 4.03.